The summed E-state index contributed by atoms with van der Waals surface area (Å²) in [5.41, 5.74) is 0.103. The fourth-order valence-electron chi connectivity index (χ4n) is 3.20. The third kappa shape index (κ3) is 4.34. The molecule has 2 rings (SSSR count). The Morgan fingerprint density at radius 1 is 1.33 bits per heavy atom. The maximum absolute atomic E-state index is 14.0. The summed E-state index contributed by atoms with van der Waals surface area (Å²) in [7, 11) is 0. The highest BCUT2D eigenvalue weighted by atomic mass is 19.1. The number of halogens is 1. The molecule has 24 heavy (non-hydrogen) atoms. The van der Waals surface area contributed by atoms with Gasteiger partial charge in [0.1, 0.15) is 5.82 Å². The van der Waals surface area contributed by atoms with Gasteiger partial charge in [0.15, 0.2) is 0 Å². The molecule has 4 nitrogen and oxygen atoms in total. The number of piperidine rings is 1. The maximum Gasteiger partial charge on any atom is 0.224 e. The Hall–Kier alpha value is -1.91. The number of likely N-dealkylation sites (tertiary alicyclic amines) is 1. The second-order valence-corrected chi connectivity index (χ2v) is 7.11. The molecule has 1 saturated heterocycles. The molecule has 0 radical (unpaired) electrons. The second-order valence-electron chi connectivity index (χ2n) is 7.11. The lowest BCUT2D eigenvalue weighted by Crippen LogP contribution is -2.47. The van der Waals surface area contributed by atoms with Crippen LogP contribution in [-0.4, -0.2) is 36.3 Å². The van der Waals surface area contributed by atoms with Crippen LogP contribution in [0.4, 0.5) is 4.39 Å². The van der Waals surface area contributed by atoms with Crippen LogP contribution in [-0.2, 0) is 15.0 Å². The van der Waals surface area contributed by atoms with E-state index in [0.717, 1.165) is 19.4 Å². The maximum atomic E-state index is 14.0. The minimum absolute atomic E-state index is 0.0481. The third-order valence-electron chi connectivity index (χ3n) is 4.75. The summed E-state index contributed by atoms with van der Waals surface area (Å²) in [6.07, 6.45) is 2.11. The molecule has 1 atom stereocenters. The van der Waals surface area contributed by atoms with Gasteiger partial charge in [-0.3, -0.25) is 9.59 Å². The number of carbonyl (C=O) groups is 2. The van der Waals surface area contributed by atoms with E-state index in [4.69, 9.17) is 0 Å². The van der Waals surface area contributed by atoms with Crippen molar-refractivity contribution in [1.82, 2.24) is 10.2 Å². The SMILES string of the molecule is CCC(=O)N1CCCC(C(=O)NCC(C)(C)c2ccccc2F)C1. The number of hydrogen-bond acceptors (Lipinski definition) is 2. The van der Waals surface area contributed by atoms with Crippen molar-refractivity contribution in [2.24, 2.45) is 5.92 Å². The van der Waals surface area contributed by atoms with Crippen molar-refractivity contribution in [2.45, 2.75) is 45.4 Å². The quantitative estimate of drug-likeness (QED) is 0.900. The Balaban J connectivity index is 1.95. The van der Waals surface area contributed by atoms with Crippen LogP contribution in [0.2, 0.25) is 0 Å². The van der Waals surface area contributed by atoms with E-state index in [9.17, 15) is 14.0 Å². The highest BCUT2D eigenvalue weighted by Crippen LogP contribution is 2.25. The number of benzene rings is 1. The lowest BCUT2D eigenvalue weighted by Gasteiger charge is -2.33. The van der Waals surface area contributed by atoms with Gasteiger partial charge in [-0.2, -0.15) is 0 Å². The molecule has 0 spiro atoms. The third-order valence-corrected chi connectivity index (χ3v) is 4.75. The molecule has 1 N–H and O–H groups in total. The van der Waals surface area contributed by atoms with E-state index in [1.165, 1.54) is 6.07 Å². The Morgan fingerprint density at radius 3 is 2.71 bits per heavy atom. The lowest BCUT2D eigenvalue weighted by molar-refractivity contribution is -0.135. The summed E-state index contributed by atoms with van der Waals surface area (Å²) in [5, 5.41) is 2.95. The molecule has 0 aliphatic carbocycles. The van der Waals surface area contributed by atoms with E-state index in [1.54, 1.807) is 23.1 Å². The summed E-state index contributed by atoms with van der Waals surface area (Å²) < 4.78 is 14.0. The molecule has 5 heteroatoms. The summed E-state index contributed by atoms with van der Waals surface area (Å²) in [6, 6.07) is 6.66. The van der Waals surface area contributed by atoms with Gasteiger partial charge in [0, 0.05) is 31.5 Å². The minimum atomic E-state index is -0.491. The Morgan fingerprint density at radius 2 is 2.04 bits per heavy atom. The molecule has 0 aromatic heterocycles. The predicted molar refractivity (Wildman–Crippen MR) is 92.0 cm³/mol. The van der Waals surface area contributed by atoms with Crippen LogP contribution < -0.4 is 5.32 Å². The van der Waals surface area contributed by atoms with Crippen LogP contribution in [0.3, 0.4) is 0 Å². The van der Waals surface area contributed by atoms with E-state index >= 15 is 0 Å². The number of rotatable bonds is 5. The van der Waals surface area contributed by atoms with Gasteiger partial charge < -0.3 is 10.2 Å². The molecule has 1 aromatic carbocycles. The Labute approximate surface area is 143 Å². The highest BCUT2D eigenvalue weighted by Gasteiger charge is 2.30. The number of carbonyl (C=O) groups excluding carboxylic acids is 2. The van der Waals surface area contributed by atoms with E-state index in [1.807, 2.05) is 20.8 Å². The molecule has 1 aromatic rings. The molecule has 1 fully saturated rings. The van der Waals surface area contributed by atoms with Crippen molar-refractivity contribution < 1.29 is 14.0 Å². The van der Waals surface area contributed by atoms with Crippen molar-refractivity contribution >= 4 is 11.8 Å². The first kappa shape index (κ1) is 18.4. The van der Waals surface area contributed by atoms with E-state index < -0.39 is 5.41 Å². The van der Waals surface area contributed by atoms with E-state index in [-0.39, 0.29) is 23.5 Å². The molecule has 1 heterocycles. The van der Waals surface area contributed by atoms with Crippen LogP contribution in [0.1, 0.15) is 45.6 Å². The zero-order chi connectivity index (χ0) is 17.7. The highest BCUT2D eigenvalue weighted by molar-refractivity contribution is 5.81. The first-order valence-electron chi connectivity index (χ1n) is 8.65. The number of hydrogen-bond donors (Lipinski definition) is 1. The van der Waals surface area contributed by atoms with Gasteiger partial charge >= 0.3 is 0 Å². The Kier molecular flexibility index (Phi) is 5.97. The first-order chi connectivity index (χ1) is 11.3. The average molecular weight is 334 g/mol. The fourth-order valence-corrected chi connectivity index (χ4v) is 3.20. The van der Waals surface area contributed by atoms with E-state index in [2.05, 4.69) is 5.32 Å². The van der Waals surface area contributed by atoms with Crippen molar-refractivity contribution in [3.8, 4) is 0 Å². The first-order valence-corrected chi connectivity index (χ1v) is 8.65. The second kappa shape index (κ2) is 7.77. The van der Waals surface area contributed by atoms with Crippen molar-refractivity contribution in [2.75, 3.05) is 19.6 Å². The molecular weight excluding hydrogens is 307 g/mol. The molecule has 1 aliphatic heterocycles. The normalized spacial score (nSPS) is 18.3. The topological polar surface area (TPSA) is 49.4 Å². The van der Waals surface area contributed by atoms with Gasteiger partial charge in [0.05, 0.1) is 5.92 Å². The molecule has 0 saturated carbocycles. The fraction of sp³-hybridized carbons (Fsp3) is 0.579. The van der Waals surface area contributed by atoms with Gasteiger partial charge in [-0.15, -0.1) is 0 Å². The van der Waals surface area contributed by atoms with Gasteiger partial charge in [-0.05, 0) is 24.5 Å². The smallest absolute Gasteiger partial charge is 0.224 e. The van der Waals surface area contributed by atoms with Crippen LogP contribution in [0.25, 0.3) is 0 Å². The predicted octanol–water partition coefficient (Wildman–Crippen LogP) is 2.87. The average Bonchev–Trinajstić information content (AvgIpc) is 2.59. The van der Waals surface area contributed by atoms with Gasteiger partial charge in [0.2, 0.25) is 11.8 Å². The van der Waals surface area contributed by atoms with Gasteiger partial charge in [0.25, 0.3) is 0 Å². The number of amides is 2. The zero-order valence-corrected chi connectivity index (χ0v) is 14.8. The van der Waals surface area contributed by atoms with Crippen molar-refractivity contribution in [3.63, 3.8) is 0 Å². The van der Waals surface area contributed by atoms with Crippen LogP contribution in [0.5, 0.6) is 0 Å². The van der Waals surface area contributed by atoms with Gasteiger partial charge in [-0.1, -0.05) is 39.0 Å². The lowest BCUT2D eigenvalue weighted by atomic mass is 9.84. The molecule has 0 bridgehead atoms. The van der Waals surface area contributed by atoms with E-state index in [0.29, 0.717) is 25.1 Å². The Bertz CT molecular complexity index is 601. The van der Waals surface area contributed by atoms with Crippen LogP contribution >= 0.6 is 0 Å². The van der Waals surface area contributed by atoms with Crippen LogP contribution in [0, 0.1) is 11.7 Å². The van der Waals surface area contributed by atoms with Gasteiger partial charge in [-0.25, -0.2) is 4.39 Å². The summed E-state index contributed by atoms with van der Waals surface area (Å²) in [4.78, 5) is 26.1. The number of nitrogens with zero attached hydrogens (tertiary/aromatic N) is 1. The molecule has 1 unspecified atom stereocenters. The number of nitrogens with one attached hydrogen (secondary N) is 1. The standard InChI is InChI=1S/C19H27FN2O2/c1-4-17(23)22-11-7-8-14(12-22)18(24)21-13-19(2,3)15-9-5-6-10-16(15)20/h5-6,9-10,14H,4,7-8,11-13H2,1-3H3,(H,21,24). The monoisotopic (exact) mass is 334 g/mol. The largest absolute Gasteiger partial charge is 0.355 e. The summed E-state index contributed by atoms with van der Waals surface area (Å²) >= 11 is 0. The molecule has 132 valence electrons. The summed E-state index contributed by atoms with van der Waals surface area (Å²) in [5.74, 6) is -0.382. The minimum Gasteiger partial charge on any atom is -0.355 e. The molecular formula is C19H27FN2O2. The molecule has 1 aliphatic rings. The zero-order valence-electron chi connectivity index (χ0n) is 14.8. The van der Waals surface area contributed by atoms with Crippen LogP contribution in [0.15, 0.2) is 24.3 Å². The van der Waals surface area contributed by atoms with Crippen molar-refractivity contribution in [1.29, 1.82) is 0 Å². The molecule has 2 amide bonds. The van der Waals surface area contributed by atoms with Crippen molar-refractivity contribution in [3.05, 3.63) is 35.6 Å². The summed E-state index contributed by atoms with van der Waals surface area (Å²) in [6.45, 7) is 7.25.